The van der Waals surface area contributed by atoms with E-state index in [1.807, 2.05) is 53.2 Å². The largest absolute Gasteiger partial charge is 0.496 e. The lowest BCUT2D eigenvalue weighted by Gasteiger charge is -2.41. The minimum absolute atomic E-state index is 0.00360. The number of hydrogen-bond donors (Lipinski definition) is 0. The third-order valence-corrected chi connectivity index (χ3v) is 4.52. The molecule has 0 bridgehead atoms. The number of para-hydroxylation sites is 1. The van der Waals surface area contributed by atoms with Gasteiger partial charge in [0.15, 0.2) is 0 Å². The number of nitrogens with zero attached hydrogens (tertiary/aromatic N) is 4. The summed E-state index contributed by atoms with van der Waals surface area (Å²) in [5.74, 6) is 0.928. The molecule has 3 rings (SSSR count). The topological polar surface area (TPSA) is 50.6 Å². The summed E-state index contributed by atoms with van der Waals surface area (Å²) in [6.07, 6.45) is 1.96. The molecule has 1 aromatic carbocycles. The first-order chi connectivity index (χ1) is 11.6. The third kappa shape index (κ3) is 3.43. The maximum absolute atomic E-state index is 12.1. The molecule has 2 aromatic rings. The van der Waals surface area contributed by atoms with Crippen LogP contribution in [0.2, 0.25) is 0 Å². The van der Waals surface area contributed by atoms with Crippen molar-refractivity contribution >= 4 is 5.91 Å². The first-order valence-corrected chi connectivity index (χ1v) is 8.19. The lowest BCUT2D eigenvalue weighted by atomic mass is 10.0. The predicted octanol–water partition coefficient (Wildman–Crippen LogP) is 1.83. The van der Waals surface area contributed by atoms with Crippen molar-refractivity contribution in [2.45, 2.75) is 19.5 Å². The van der Waals surface area contributed by atoms with E-state index in [4.69, 9.17) is 4.74 Å². The van der Waals surface area contributed by atoms with Gasteiger partial charge in [-0.2, -0.15) is 5.10 Å². The van der Waals surface area contributed by atoms with Crippen LogP contribution in [-0.2, 0) is 18.4 Å². The second-order valence-electron chi connectivity index (χ2n) is 6.19. The number of hydrogen-bond acceptors (Lipinski definition) is 4. The average Bonchev–Trinajstić information content (AvgIpc) is 2.99. The van der Waals surface area contributed by atoms with Crippen molar-refractivity contribution in [3.05, 3.63) is 47.8 Å². The van der Waals surface area contributed by atoms with Crippen LogP contribution in [0.5, 0.6) is 5.75 Å². The van der Waals surface area contributed by atoms with Crippen molar-refractivity contribution in [2.75, 3.05) is 26.7 Å². The smallest absolute Gasteiger partial charge is 0.220 e. The van der Waals surface area contributed by atoms with Crippen LogP contribution in [0.4, 0.5) is 0 Å². The lowest BCUT2D eigenvalue weighted by Crippen LogP contribution is -2.49. The summed E-state index contributed by atoms with van der Waals surface area (Å²) in [6, 6.07) is 9.98. The van der Waals surface area contributed by atoms with Crippen molar-refractivity contribution in [1.29, 1.82) is 0 Å². The second kappa shape index (κ2) is 7.05. The SMILES string of the molecule is COc1ccccc1[C@@H]1CN(Cc2ccn(C)n2)CCN1C(C)=O. The van der Waals surface area contributed by atoms with Gasteiger partial charge in [0, 0.05) is 51.9 Å². The zero-order chi connectivity index (χ0) is 17.1. The van der Waals surface area contributed by atoms with Gasteiger partial charge in [0.25, 0.3) is 0 Å². The van der Waals surface area contributed by atoms with Crippen LogP contribution >= 0.6 is 0 Å². The zero-order valence-electron chi connectivity index (χ0n) is 14.5. The standard InChI is InChI=1S/C18H24N4O2/c1-14(23)22-11-10-21(12-15-8-9-20(2)19-15)13-17(22)16-6-4-5-7-18(16)24-3/h4-9,17H,10-13H2,1-3H3/t17-/m0/s1. The van der Waals surface area contributed by atoms with Crippen molar-refractivity contribution in [3.8, 4) is 5.75 Å². The molecule has 0 N–H and O–H groups in total. The fourth-order valence-corrected chi connectivity index (χ4v) is 3.34. The molecular weight excluding hydrogens is 304 g/mol. The summed E-state index contributed by atoms with van der Waals surface area (Å²) in [5, 5.41) is 4.46. The summed E-state index contributed by atoms with van der Waals surface area (Å²) < 4.78 is 7.33. The Balaban J connectivity index is 1.83. The first kappa shape index (κ1) is 16.5. The van der Waals surface area contributed by atoms with E-state index in [1.54, 1.807) is 14.0 Å². The van der Waals surface area contributed by atoms with E-state index in [2.05, 4.69) is 10.00 Å². The number of amides is 1. The average molecular weight is 328 g/mol. The normalized spacial score (nSPS) is 18.6. The number of aromatic nitrogens is 2. The quantitative estimate of drug-likeness (QED) is 0.859. The van der Waals surface area contributed by atoms with Gasteiger partial charge in [0.1, 0.15) is 5.75 Å². The van der Waals surface area contributed by atoms with Crippen molar-refractivity contribution in [1.82, 2.24) is 19.6 Å². The van der Waals surface area contributed by atoms with E-state index in [9.17, 15) is 4.79 Å². The first-order valence-electron chi connectivity index (χ1n) is 8.19. The second-order valence-corrected chi connectivity index (χ2v) is 6.19. The van der Waals surface area contributed by atoms with Crippen molar-refractivity contribution in [3.63, 3.8) is 0 Å². The minimum Gasteiger partial charge on any atom is -0.496 e. The number of methoxy groups -OCH3 is 1. The molecule has 1 amide bonds. The number of aryl methyl sites for hydroxylation is 1. The molecule has 0 radical (unpaired) electrons. The molecule has 0 spiro atoms. The van der Waals surface area contributed by atoms with Gasteiger partial charge in [-0.1, -0.05) is 18.2 Å². The van der Waals surface area contributed by atoms with Gasteiger partial charge in [-0.05, 0) is 12.1 Å². The molecular formula is C18H24N4O2. The number of piperazine rings is 1. The summed E-state index contributed by atoms with van der Waals surface area (Å²) in [7, 11) is 3.60. The van der Waals surface area contributed by atoms with Crippen molar-refractivity contribution < 1.29 is 9.53 Å². The molecule has 1 aliphatic heterocycles. The molecule has 24 heavy (non-hydrogen) atoms. The maximum Gasteiger partial charge on any atom is 0.220 e. The summed E-state index contributed by atoms with van der Waals surface area (Å²) in [5.41, 5.74) is 2.11. The molecule has 2 heterocycles. The van der Waals surface area contributed by atoms with E-state index in [0.717, 1.165) is 36.6 Å². The minimum atomic E-state index is -0.00360. The van der Waals surface area contributed by atoms with Gasteiger partial charge in [-0.3, -0.25) is 14.4 Å². The number of rotatable bonds is 4. The van der Waals surface area contributed by atoms with E-state index in [1.165, 1.54) is 0 Å². The highest BCUT2D eigenvalue weighted by Crippen LogP contribution is 2.32. The maximum atomic E-state index is 12.1. The van der Waals surface area contributed by atoms with E-state index in [0.29, 0.717) is 6.54 Å². The monoisotopic (exact) mass is 328 g/mol. The number of carbonyl (C=O) groups is 1. The molecule has 1 fully saturated rings. The van der Waals surface area contributed by atoms with Gasteiger partial charge >= 0.3 is 0 Å². The van der Waals surface area contributed by atoms with Gasteiger partial charge in [-0.25, -0.2) is 0 Å². The van der Waals surface area contributed by atoms with Crippen molar-refractivity contribution in [2.24, 2.45) is 7.05 Å². The fourth-order valence-electron chi connectivity index (χ4n) is 3.34. The number of ether oxygens (including phenoxy) is 1. The highest BCUT2D eigenvalue weighted by molar-refractivity contribution is 5.74. The third-order valence-electron chi connectivity index (χ3n) is 4.52. The van der Waals surface area contributed by atoms with Crippen LogP contribution in [0.25, 0.3) is 0 Å². The Kier molecular flexibility index (Phi) is 4.85. The van der Waals surface area contributed by atoms with E-state index < -0.39 is 0 Å². The summed E-state index contributed by atoms with van der Waals surface area (Å²) >= 11 is 0. The Hall–Kier alpha value is -2.34. The number of benzene rings is 1. The van der Waals surface area contributed by atoms with Crippen LogP contribution in [0.3, 0.4) is 0 Å². The van der Waals surface area contributed by atoms with E-state index in [-0.39, 0.29) is 11.9 Å². The molecule has 6 nitrogen and oxygen atoms in total. The van der Waals surface area contributed by atoms with Gasteiger partial charge in [0.2, 0.25) is 5.91 Å². The molecule has 0 unspecified atom stereocenters. The summed E-state index contributed by atoms with van der Waals surface area (Å²) in [4.78, 5) is 16.4. The number of carbonyl (C=O) groups excluding carboxylic acids is 1. The fraction of sp³-hybridized carbons (Fsp3) is 0.444. The molecule has 1 saturated heterocycles. The summed E-state index contributed by atoms with van der Waals surface area (Å²) in [6.45, 7) is 4.76. The zero-order valence-corrected chi connectivity index (χ0v) is 14.5. The molecule has 128 valence electrons. The highest BCUT2D eigenvalue weighted by Gasteiger charge is 2.31. The molecule has 0 saturated carbocycles. The van der Waals surface area contributed by atoms with Crippen LogP contribution in [0, 0.1) is 0 Å². The lowest BCUT2D eigenvalue weighted by molar-refractivity contribution is -0.134. The van der Waals surface area contributed by atoms with E-state index >= 15 is 0 Å². The van der Waals surface area contributed by atoms with Crippen LogP contribution < -0.4 is 4.74 Å². The molecule has 1 aliphatic rings. The Morgan fingerprint density at radius 3 is 2.75 bits per heavy atom. The Labute approximate surface area is 142 Å². The van der Waals surface area contributed by atoms with Gasteiger partial charge in [0.05, 0.1) is 18.8 Å². The Morgan fingerprint density at radius 2 is 2.08 bits per heavy atom. The molecule has 1 aromatic heterocycles. The predicted molar refractivity (Wildman–Crippen MR) is 91.6 cm³/mol. The Morgan fingerprint density at radius 1 is 1.29 bits per heavy atom. The van der Waals surface area contributed by atoms with Crippen LogP contribution in [0.1, 0.15) is 24.2 Å². The Bertz CT molecular complexity index is 713. The van der Waals surface area contributed by atoms with Gasteiger partial charge in [-0.15, -0.1) is 0 Å². The van der Waals surface area contributed by atoms with Crippen LogP contribution in [-0.4, -0.2) is 52.2 Å². The van der Waals surface area contributed by atoms with Gasteiger partial charge < -0.3 is 9.64 Å². The molecule has 1 atom stereocenters. The molecule has 6 heteroatoms. The highest BCUT2D eigenvalue weighted by atomic mass is 16.5. The molecule has 0 aliphatic carbocycles. The van der Waals surface area contributed by atoms with Crippen LogP contribution in [0.15, 0.2) is 36.5 Å².